The van der Waals surface area contributed by atoms with Gasteiger partial charge in [-0.2, -0.15) is 0 Å². The maximum atomic E-state index is 13.0. The van der Waals surface area contributed by atoms with Gasteiger partial charge in [-0.3, -0.25) is 0 Å². The van der Waals surface area contributed by atoms with Crippen LogP contribution in [0.15, 0.2) is 70.0 Å². The summed E-state index contributed by atoms with van der Waals surface area (Å²) in [7, 11) is -3.65. The van der Waals surface area contributed by atoms with Gasteiger partial charge in [-0.05, 0) is 67.1 Å². The molecule has 0 aliphatic carbocycles. The molecular formula is C19H20ClFN2O3S. The van der Waals surface area contributed by atoms with Crippen molar-refractivity contribution in [3.05, 3.63) is 77.8 Å². The molecule has 27 heavy (non-hydrogen) atoms. The summed E-state index contributed by atoms with van der Waals surface area (Å²) in [6.07, 6.45) is 0.746. The lowest BCUT2D eigenvalue weighted by Gasteiger charge is -2.04. The van der Waals surface area contributed by atoms with Crippen LogP contribution in [0.25, 0.3) is 11.3 Å². The van der Waals surface area contributed by atoms with Crippen molar-refractivity contribution in [1.29, 1.82) is 0 Å². The number of nitrogens with two attached hydrogens (primary N) is 1. The highest BCUT2D eigenvalue weighted by Gasteiger charge is 2.07. The molecule has 0 aliphatic rings. The first-order valence-electron chi connectivity index (χ1n) is 8.09. The number of benzene rings is 2. The predicted molar refractivity (Wildman–Crippen MR) is 105 cm³/mol. The largest absolute Gasteiger partial charge is 0.460 e. The summed E-state index contributed by atoms with van der Waals surface area (Å²) in [6.45, 7) is 1.28. The van der Waals surface area contributed by atoms with E-state index >= 15 is 0 Å². The number of halogens is 2. The van der Waals surface area contributed by atoms with Crippen molar-refractivity contribution in [3.63, 3.8) is 0 Å². The fourth-order valence-corrected chi connectivity index (χ4v) is 3.05. The molecule has 0 radical (unpaired) electrons. The van der Waals surface area contributed by atoms with E-state index < -0.39 is 10.0 Å². The van der Waals surface area contributed by atoms with Crippen LogP contribution in [-0.4, -0.2) is 15.0 Å². The monoisotopic (exact) mass is 410 g/mol. The van der Waals surface area contributed by atoms with Crippen molar-refractivity contribution < 1.29 is 17.2 Å². The SMILES string of the molecule is Cl.NS(=O)(=O)c1ccc(CCNCc2ccc(-c3ccc(F)cc3)o2)cc1. The fraction of sp³-hybridized carbons (Fsp3) is 0.158. The normalized spacial score (nSPS) is 11.2. The zero-order valence-corrected chi connectivity index (χ0v) is 16.0. The molecule has 0 saturated carbocycles. The Balaban J connectivity index is 0.00000261. The van der Waals surface area contributed by atoms with E-state index in [-0.39, 0.29) is 23.1 Å². The Kier molecular flexibility index (Phi) is 7.15. The van der Waals surface area contributed by atoms with Crippen molar-refractivity contribution in [2.24, 2.45) is 5.14 Å². The van der Waals surface area contributed by atoms with E-state index in [0.717, 1.165) is 23.3 Å². The number of hydrogen-bond donors (Lipinski definition) is 2. The van der Waals surface area contributed by atoms with E-state index in [4.69, 9.17) is 9.56 Å². The van der Waals surface area contributed by atoms with Crippen LogP contribution in [0.1, 0.15) is 11.3 Å². The first-order chi connectivity index (χ1) is 12.4. The molecule has 5 nitrogen and oxygen atoms in total. The first-order valence-corrected chi connectivity index (χ1v) is 9.63. The minimum Gasteiger partial charge on any atom is -0.460 e. The summed E-state index contributed by atoms with van der Waals surface area (Å²) >= 11 is 0. The van der Waals surface area contributed by atoms with Crippen LogP contribution in [-0.2, 0) is 23.0 Å². The molecular weight excluding hydrogens is 391 g/mol. The summed E-state index contributed by atoms with van der Waals surface area (Å²) in [5.74, 6) is 1.20. The lowest BCUT2D eigenvalue weighted by molar-refractivity contribution is 0.494. The molecule has 0 amide bonds. The van der Waals surface area contributed by atoms with E-state index in [1.807, 2.05) is 12.1 Å². The Labute approximate surface area is 163 Å². The average molecular weight is 411 g/mol. The first kappa shape index (κ1) is 21.1. The summed E-state index contributed by atoms with van der Waals surface area (Å²) in [4.78, 5) is 0.109. The van der Waals surface area contributed by atoms with E-state index in [0.29, 0.717) is 18.8 Å². The standard InChI is InChI=1S/C19H19FN2O3S.ClH/c20-16-5-3-15(4-6-16)19-10-7-17(25-19)13-22-12-11-14-1-8-18(9-2-14)26(21,23)24;/h1-10,22H,11-13H2,(H2,21,23,24);1H. The van der Waals surface area contributed by atoms with Crippen LogP contribution < -0.4 is 10.5 Å². The Morgan fingerprint density at radius 1 is 0.963 bits per heavy atom. The smallest absolute Gasteiger partial charge is 0.238 e. The molecule has 1 heterocycles. The highest BCUT2D eigenvalue weighted by molar-refractivity contribution is 7.89. The Bertz CT molecular complexity index is 971. The Morgan fingerprint density at radius 3 is 2.26 bits per heavy atom. The topological polar surface area (TPSA) is 85.3 Å². The summed E-state index contributed by atoms with van der Waals surface area (Å²) in [6, 6.07) is 16.4. The number of sulfonamides is 1. The predicted octanol–water partition coefficient (Wildman–Crippen LogP) is 3.49. The molecule has 3 rings (SSSR count). The Hall–Kier alpha value is -2.19. The van der Waals surface area contributed by atoms with Crippen molar-refractivity contribution in [2.45, 2.75) is 17.9 Å². The van der Waals surface area contributed by atoms with Crippen molar-refractivity contribution in [2.75, 3.05) is 6.54 Å². The maximum absolute atomic E-state index is 13.0. The van der Waals surface area contributed by atoms with Gasteiger partial charge in [0.05, 0.1) is 11.4 Å². The van der Waals surface area contributed by atoms with Gasteiger partial charge in [0.15, 0.2) is 0 Å². The molecule has 0 atom stereocenters. The molecule has 0 saturated heterocycles. The second-order valence-corrected chi connectivity index (χ2v) is 7.45. The van der Waals surface area contributed by atoms with Crippen LogP contribution in [0.3, 0.4) is 0 Å². The minimum atomic E-state index is -3.65. The number of nitrogens with one attached hydrogen (secondary N) is 1. The summed E-state index contributed by atoms with van der Waals surface area (Å²) in [5.41, 5.74) is 1.84. The third-order valence-corrected chi connectivity index (χ3v) is 4.86. The lowest BCUT2D eigenvalue weighted by Crippen LogP contribution is -2.16. The molecule has 8 heteroatoms. The lowest BCUT2D eigenvalue weighted by atomic mass is 10.1. The van der Waals surface area contributed by atoms with Crippen LogP contribution in [0, 0.1) is 5.82 Å². The molecule has 0 fully saturated rings. The van der Waals surface area contributed by atoms with Gasteiger partial charge in [0, 0.05) is 5.56 Å². The van der Waals surface area contributed by atoms with Gasteiger partial charge in [-0.25, -0.2) is 17.9 Å². The molecule has 3 aromatic rings. The molecule has 2 aromatic carbocycles. The molecule has 3 N–H and O–H groups in total. The van der Waals surface area contributed by atoms with E-state index in [1.54, 1.807) is 24.3 Å². The second kappa shape index (κ2) is 9.14. The summed E-state index contributed by atoms with van der Waals surface area (Å²) < 4.78 is 41.1. The van der Waals surface area contributed by atoms with Gasteiger partial charge in [0.2, 0.25) is 10.0 Å². The van der Waals surface area contributed by atoms with Crippen LogP contribution >= 0.6 is 12.4 Å². The van der Waals surface area contributed by atoms with Crippen LogP contribution in [0.2, 0.25) is 0 Å². The second-order valence-electron chi connectivity index (χ2n) is 5.89. The third-order valence-electron chi connectivity index (χ3n) is 3.93. The van der Waals surface area contributed by atoms with E-state index in [1.165, 1.54) is 24.3 Å². The highest BCUT2D eigenvalue weighted by Crippen LogP contribution is 2.22. The van der Waals surface area contributed by atoms with Gasteiger partial charge >= 0.3 is 0 Å². The van der Waals surface area contributed by atoms with Gasteiger partial charge in [-0.1, -0.05) is 12.1 Å². The molecule has 144 valence electrons. The maximum Gasteiger partial charge on any atom is 0.238 e. The van der Waals surface area contributed by atoms with Crippen molar-refractivity contribution >= 4 is 22.4 Å². The molecule has 0 unspecified atom stereocenters. The van der Waals surface area contributed by atoms with Crippen LogP contribution in [0.5, 0.6) is 0 Å². The van der Waals surface area contributed by atoms with E-state index in [2.05, 4.69) is 5.32 Å². The number of furan rings is 1. The van der Waals surface area contributed by atoms with Gasteiger partial charge in [0.1, 0.15) is 17.3 Å². The quantitative estimate of drug-likeness (QED) is 0.584. The van der Waals surface area contributed by atoms with Crippen molar-refractivity contribution in [3.8, 4) is 11.3 Å². The number of primary sulfonamides is 1. The highest BCUT2D eigenvalue weighted by atomic mass is 35.5. The minimum absolute atomic E-state index is 0. The number of rotatable bonds is 7. The zero-order valence-electron chi connectivity index (χ0n) is 14.4. The van der Waals surface area contributed by atoms with Crippen LogP contribution in [0.4, 0.5) is 4.39 Å². The Morgan fingerprint density at radius 2 is 1.63 bits per heavy atom. The van der Waals surface area contributed by atoms with Gasteiger partial charge in [0.25, 0.3) is 0 Å². The fourth-order valence-electron chi connectivity index (χ4n) is 2.53. The zero-order chi connectivity index (χ0) is 18.6. The third kappa shape index (κ3) is 5.90. The average Bonchev–Trinajstić information content (AvgIpc) is 3.08. The molecule has 0 aliphatic heterocycles. The van der Waals surface area contributed by atoms with Gasteiger partial charge in [-0.15, -0.1) is 12.4 Å². The molecule has 0 bridgehead atoms. The summed E-state index contributed by atoms with van der Waals surface area (Å²) in [5, 5.41) is 8.35. The van der Waals surface area contributed by atoms with Gasteiger partial charge < -0.3 is 9.73 Å². The number of hydrogen-bond acceptors (Lipinski definition) is 4. The molecule has 0 spiro atoms. The van der Waals surface area contributed by atoms with Crippen molar-refractivity contribution in [1.82, 2.24) is 5.32 Å². The molecule has 1 aromatic heterocycles. The van der Waals surface area contributed by atoms with E-state index in [9.17, 15) is 12.8 Å².